The molecule has 2 N–H and O–H groups in total. The molecule has 1 aromatic heterocycles. The monoisotopic (exact) mass is 399 g/mol. The van der Waals surface area contributed by atoms with Gasteiger partial charge in [-0.25, -0.2) is 0 Å². The molecule has 150 valence electrons. The highest BCUT2D eigenvalue weighted by Crippen LogP contribution is 2.30. The van der Waals surface area contributed by atoms with Crippen molar-refractivity contribution in [3.63, 3.8) is 0 Å². The summed E-state index contributed by atoms with van der Waals surface area (Å²) in [6.45, 7) is 2.29. The quantitative estimate of drug-likeness (QED) is 0.708. The second kappa shape index (κ2) is 8.69. The van der Waals surface area contributed by atoms with Crippen LogP contribution in [0.2, 0.25) is 5.02 Å². The lowest BCUT2D eigenvalue weighted by atomic mass is 9.82. The molecule has 0 bridgehead atoms. The zero-order valence-corrected chi connectivity index (χ0v) is 17.3. The summed E-state index contributed by atoms with van der Waals surface area (Å²) < 4.78 is 0. The van der Waals surface area contributed by atoms with E-state index < -0.39 is 0 Å². The van der Waals surface area contributed by atoms with Crippen molar-refractivity contribution < 1.29 is 4.79 Å². The van der Waals surface area contributed by atoms with Gasteiger partial charge in [-0.15, -0.1) is 0 Å². The number of aromatic nitrogens is 1. The average Bonchev–Trinajstić information content (AvgIpc) is 2.70. The molecule has 4 rings (SSSR count). The van der Waals surface area contributed by atoms with Crippen molar-refractivity contribution in [3.05, 3.63) is 35.5 Å². The van der Waals surface area contributed by atoms with Crippen molar-refractivity contribution in [2.24, 2.45) is 11.8 Å². The first-order chi connectivity index (χ1) is 13.6. The second-order valence-electron chi connectivity index (χ2n) is 8.68. The van der Waals surface area contributed by atoms with E-state index in [1.807, 2.05) is 30.5 Å². The van der Waals surface area contributed by atoms with Crippen molar-refractivity contribution >= 4 is 34.1 Å². The number of carbonyl (C=O) groups excluding carboxylic acids is 1. The van der Waals surface area contributed by atoms with Gasteiger partial charge in [0.25, 0.3) is 0 Å². The van der Waals surface area contributed by atoms with Crippen LogP contribution in [-0.4, -0.2) is 23.0 Å². The molecule has 4 nitrogen and oxygen atoms in total. The molecule has 0 unspecified atom stereocenters. The molecular formula is C23H30ClN3O. The van der Waals surface area contributed by atoms with Gasteiger partial charge in [0.05, 0.1) is 5.52 Å². The summed E-state index contributed by atoms with van der Waals surface area (Å²) in [6, 6.07) is 8.65. The Hall–Kier alpha value is -1.81. The molecule has 0 saturated heterocycles. The predicted molar refractivity (Wildman–Crippen MR) is 116 cm³/mol. The van der Waals surface area contributed by atoms with E-state index in [-0.39, 0.29) is 5.92 Å². The third-order valence-electron chi connectivity index (χ3n) is 6.52. The van der Waals surface area contributed by atoms with Gasteiger partial charge in [-0.05, 0) is 81.5 Å². The van der Waals surface area contributed by atoms with Crippen molar-refractivity contribution in [2.75, 3.05) is 5.32 Å². The summed E-state index contributed by atoms with van der Waals surface area (Å²) in [5, 5.41) is 8.84. The summed E-state index contributed by atoms with van der Waals surface area (Å²) in [6.07, 6.45) is 10.6. The van der Waals surface area contributed by atoms with Crippen molar-refractivity contribution in [3.8, 4) is 0 Å². The zero-order chi connectivity index (χ0) is 19.5. The number of halogens is 1. The zero-order valence-electron chi connectivity index (χ0n) is 16.6. The smallest absolute Gasteiger partial charge is 0.223 e. The van der Waals surface area contributed by atoms with Crippen LogP contribution in [0.3, 0.4) is 0 Å². The molecule has 0 atom stereocenters. The maximum absolute atomic E-state index is 12.6. The number of fused-ring (bicyclic) bond motifs is 1. The minimum atomic E-state index is 0.238. The molecule has 1 amide bonds. The Morgan fingerprint density at radius 3 is 2.46 bits per heavy atom. The molecule has 2 saturated carbocycles. The Bertz CT molecular complexity index is 824. The third-order valence-corrected chi connectivity index (χ3v) is 6.76. The summed E-state index contributed by atoms with van der Waals surface area (Å²) >= 11 is 6.09. The largest absolute Gasteiger partial charge is 0.382 e. The van der Waals surface area contributed by atoms with Crippen molar-refractivity contribution in [1.82, 2.24) is 10.3 Å². The number of nitrogens with one attached hydrogen (secondary N) is 2. The number of hydrogen-bond acceptors (Lipinski definition) is 3. The first kappa shape index (κ1) is 19.5. The van der Waals surface area contributed by atoms with Crippen LogP contribution in [0.5, 0.6) is 0 Å². The van der Waals surface area contributed by atoms with Crippen LogP contribution in [0.25, 0.3) is 10.9 Å². The molecule has 5 heteroatoms. The van der Waals surface area contributed by atoms with Gasteiger partial charge in [0, 0.05) is 40.3 Å². The van der Waals surface area contributed by atoms with E-state index in [4.69, 9.17) is 11.6 Å². The lowest BCUT2D eigenvalue weighted by Crippen LogP contribution is -2.43. The maximum Gasteiger partial charge on any atom is 0.223 e. The normalized spacial score (nSPS) is 28.1. The van der Waals surface area contributed by atoms with E-state index in [0.29, 0.717) is 23.0 Å². The summed E-state index contributed by atoms with van der Waals surface area (Å²) in [7, 11) is 0. The minimum absolute atomic E-state index is 0.238. The molecule has 0 radical (unpaired) electrons. The average molecular weight is 400 g/mol. The number of amides is 1. The van der Waals surface area contributed by atoms with E-state index in [1.54, 1.807) is 0 Å². The first-order valence-electron chi connectivity index (χ1n) is 10.7. The molecule has 0 spiro atoms. The van der Waals surface area contributed by atoms with Gasteiger partial charge >= 0.3 is 0 Å². The fourth-order valence-corrected chi connectivity index (χ4v) is 4.86. The number of carbonyl (C=O) groups is 1. The van der Waals surface area contributed by atoms with E-state index in [0.717, 1.165) is 61.0 Å². The van der Waals surface area contributed by atoms with E-state index in [9.17, 15) is 4.79 Å². The Kier molecular flexibility index (Phi) is 6.05. The van der Waals surface area contributed by atoms with Crippen molar-refractivity contribution in [1.29, 1.82) is 0 Å². The number of nitrogens with zero attached hydrogens (tertiary/aromatic N) is 1. The van der Waals surface area contributed by atoms with Gasteiger partial charge in [0.1, 0.15) is 0 Å². The predicted octanol–water partition coefficient (Wildman–Crippen LogP) is 5.55. The molecular weight excluding hydrogens is 370 g/mol. The summed E-state index contributed by atoms with van der Waals surface area (Å²) in [4.78, 5) is 17.0. The number of rotatable bonds is 4. The summed E-state index contributed by atoms with van der Waals surface area (Å²) in [5.74, 6) is 1.31. The lowest BCUT2D eigenvalue weighted by Gasteiger charge is -2.32. The standard InChI is InChI=1S/C23H30ClN3O/c1-15-2-4-16(5-3-15)23(28)27-19-9-7-18(8-10-19)26-21-12-13-25-22-14-17(24)6-11-20(21)22/h6,11-16,18-19H,2-5,7-10H2,1H3,(H,25,26)(H,27,28). The van der Waals surface area contributed by atoms with Crippen LogP contribution in [0.15, 0.2) is 30.5 Å². The molecule has 28 heavy (non-hydrogen) atoms. The second-order valence-corrected chi connectivity index (χ2v) is 9.11. The van der Waals surface area contributed by atoms with Crippen LogP contribution in [0, 0.1) is 11.8 Å². The van der Waals surface area contributed by atoms with E-state index >= 15 is 0 Å². The van der Waals surface area contributed by atoms with E-state index in [2.05, 4.69) is 22.5 Å². The Balaban J connectivity index is 1.29. The first-order valence-corrected chi connectivity index (χ1v) is 11.1. The van der Waals surface area contributed by atoms with Gasteiger partial charge in [-0.2, -0.15) is 0 Å². The topological polar surface area (TPSA) is 54.0 Å². The van der Waals surface area contributed by atoms with Crippen LogP contribution in [0.1, 0.15) is 58.3 Å². The molecule has 1 aromatic carbocycles. The van der Waals surface area contributed by atoms with Gasteiger partial charge in [-0.1, -0.05) is 18.5 Å². The van der Waals surface area contributed by atoms with Crippen LogP contribution >= 0.6 is 11.6 Å². The number of anilines is 1. The fraction of sp³-hybridized carbons (Fsp3) is 0.565. The molecule has 2 fully saturated rings. The lowest BCUT2D eigenvalue weighted by molar-refractivity contribution is -0.127. The van der Waals surface area contributed by atoms with Gasteiger partial charge < -0.3 is 10.6 Å². The van der Waals surface area contributed by atoms with Gasteiger partial charge in [0.15, 0.2) is 0 Å². The van der Waals surface area contributed by atoms with Crippen LogP contribution < -0.4 is 10.6 Å². The Morgan fingerprint density at radius 1 is 1.00 bits per heavy atom. The minimum Gasteiger partial charge on any atom is -0.382 e. The molecule has 2 aliphatic rings. The highest BCUT2D eigenvalue weighted by Gasteiger charge is 2.28. The third kappa shape index (κ3) is 4.60. The number of hydrogen-bond donors (Lipinski definition) is 2. The Morgan fingerprint density at radius 2 is 1.71 bits per heavy atom. The van der Waals surface area contributed by atoms with E-state index in [1.165, 1.54) is 12.8 Å². The highest BCUT2D eigenvalue weighted by molar-refractivity contribution is 6.31. The molecule has 2 aliphatic carbocycles. The van der Waals surface area contributed by atoms with Gasteiger partial charge in [-0.3, -0.25) is 9.78 Å². The van der Waals surface area contributed by atoms with Crippen LogP contribution in [0.4, 0.5) is 5.69 Å². The van der Waals surface area contributed by atoms with Crippen LogP contribution in [-0.2, 0) is 4.79 Å². The SMILES string of the molecule is CC1CCC(C(=O)NC2CCC(Nc3ccnc4cc(Cl)ccc34)CC2)CC1. The molecule has 2 aromatic rings. The van der Waals surface area contributed by atoms with Gasteiger partial charge in [0.2, 0.25) is 5.91 Å². The highest BCUT2D eigenvalue weighted by atomic mass is 35.5. The molecule has 0 aliphatic heterocycles. The fourth-order valence-electron chi connectivity index (χ4n) is 4.69. The Labute approximate surface area is 172 Å². The number of benzene rings is 1. The van der Waals surface area contributed by atoms with Crippen molar-refractivity contribution in [2.45, 2.75) is 70.4 Å². The number of pyridine rings is 1. The summed E-state index contributed by atoms with van der Waals surface area (Å²) in [5.41, 5.74) is 2.03. The molecule has 1 heterocycles. The maximum atomic E-state index is 12.6.